The summed E-state index contributed by atoms with van der Waals surface area (Å²) >= 11 is 0. The van der Waals surface area contributed by atoms with E-state index >= 15 is 0 Å². The van der Waals surface area contributed by atoms with Crippen molar-refractivity contribution in [3.63, 3.8) is 0 Å². The van der Waals surface area contributed by atoms with E-state index in [4.69, 9.17) is 5.73 Å². The maximum atomic E-state index is 11.6. The Morgan fingerprint density at radius 3 is 2.80 bits per heavy atom. The minimum atomic E-state index is -0.115. The van der Waals surface area contributed by atoms with Gasteiger partial charge in [0.25, 0.3) is 0 Å². The fourth-order valence-electron chi connectivity index (χ4n) is 2.02. The van der Waals surface area contributed by atoms with Crippen molar-refractivity contribution in [2.75, 3.05) is 0 Å². The van der Waals surface area contributed by atoms with Gasteiger partial charge < -0.3 is 15.6 Å². The minimum absolute atomic E-state index is 0.0163. The monoisotopic (exact) mass is 272 g/mol. The molecule has 0 bridgehead atoms. The molecule has 5 nitrogen and oxygen atoms in total. The van der Waals surface area contributed by atoms with Crippen molar-refractivity contribution in [3.8, 4) is 0 Å². The van der Waals surface area contributed by atoms with Crippen molar-refractivity contribution in [2.24, 2.45) is 5.73 Å². The van der Waals surface area contributed by atoms with E-state index in [1.54, 1.807) is 12.5 Å². The van der Waals surface area contributed by atoms with Gasteiger partial charge in [0.2, 0.25) is 5.91 Å². The number of nitrogens with zero attached hydrogens (tertiary/aromatic N) is 2. The molecule has 0 spiro atoms. The van der Waals surface area contributed by atoms with Gasteiger partial charge in [0.1, 0.15) is 0 Å². The van der Waals surface area contributed by atoms with Crippen molar-refractivity contribution in [3.05, 3.63) is 54.1 Å². The summed E-state index contributed by atoms with van der Waals surface area (Å²) in [5.41, 5.74) is 7.89. The molecule has 1 unspecified atom stereocenters. The Balaban J connectivity index is 1.99. The molecule has 20 heavy (non-hydrogen) atoms. The summed E-state index contributed by atoms with van der Waals surface area (Å²) in [6.45, 7) is 3.10. The quantitative estimate of drug-likeness (QED) is 0.832. The largest absolute Gasteiger partial charge is 0.352 e. The van der Waals surface area contributed by atoms with E-state index in [1.165, 1.54) is 5.56 Å². The molecule has 1 atom stereocenters. The summed E-state index contributed by atoms with van der Waals surface area (Å²) in [6.07, 6.45) is 5.81. The molecule has 0 aliphatic rings. The first-order chi connectivity index (χ1) is 9.65. The second-order valence-electron chi connectivity index (χ2n) is 4.96. The Hall–Kier alpha value is -2.14. The Morgan fingerprint density at radius 1 is 1.40 bits per heavy atom. The van der Waals surface area contributed by atoms with Crippen LogP contribution in [0.3, 0.4) is 0 Å². The smallest absolute Gasteiger partial charge is 0.221 e. The third kappa shape index (κ3) is 4.20. The highest BCUT2D eigenvalue weighted by atomic mass is 16.1. The number of carbonyl (C=O) groups is 1. The molecule has 1 aromatic heterocycles. The van der Waals surface area contributed by atoms with E-state index in [9.17, 15) is 4.79 Å². The summed E-state index contributed by atoms with van der Waals surface area (Å²) in [4.78, 5) is 15.7. The molecule has 1 amide bonds. The van der Waals surface area contributed by atoms with Crippen LogP contribution in [0.25, 0.3) is 0 Å². The third-order valence-electron chi connectivity index (χ3n) is 3.01. The topological polar surface area (TPSA) is 72.9 Å². The Bertz CT molecular complexity index is 549. The molecule has 2 aromatic rings. The molecule has 0 saturated carbocycles. The first kappa shape index (κ1) is 14.3. The predicted molar refractivity (Wildman–Crippen MR) is 77.9 cm³/mol. The molecule has 0 aliphatic heterocycles. The molecule has 3 N–H and O–H groups in total. The third-order valence-corrected chi connectivity index (χ3v) is 3.01. The molecular weight excluding hydrogens is 252 g/mol. The molecule has 5 heteroatoms. The van der Waals surface area contributed by atoms with Gasteiger partial charge in [0, 0.05) is 37.9 Å². The van der Waals surface area contributed by atoms with Crippen molar-refractivity contribution < 1.29 is 4.79 Å². The summed E-state index contributed by atoms with van der Waals surface area (Å²) in [7, 11) is 0. The minimum Gasteiger partial charge on any atom is -0.352 e. The molecule has 0 fully saturated rings. The lowest BCUT2D eigenvalue weighted by Gasteiger charge is -2.12. The number of hydrogen-bond acceptors (Lipinski definition) is 3. The number of aromatic nitrogens is 2. The average Bonchev–Trinajstić information content (AvgIpc) is 2.90. The van der Waals surface area contributed by atoms with Gasteiger partial charge in [0.15, 0.2) is 0 Å². The SMILES string of the molecule is CC(N)CC(=O)NCc1ccccc1Cn1ccnc1. The van der Waals surface area contributed by atoms with E-state index in [0.29, 0.717) is 13.0 Å². The number of rotatable bonds is 6. The van der Waals surface area contributed by atoms with Crippen LogP contribution in [0.1, 0.15) is 24.5 Å². The van der Waals surface area contributed by atoms with Gasteiger partial charge in [-0.15, -0.1) is 0 Å². The predicted octanol–water partition coefficient (Wildman–Crippen LogP) is 1.28. The lowest BCUT2D eigenvalue weighted by Crippen LogP contribution is -2.29. The fourth-order valence-corrected chi connectivity index (χ4v) is 2.02. The molecule has 0 radical (unpaired) electrons. The highest BCUT2D eigenvalue weighted by molar-refractivity contribution is 5.76. The lowest BCUT2D eigenvalue weighted by atomic mass is 10.1. The van der Waals surface area contributed by atoms with Crippen LogP contribution in [0.2, 0.25) is 0 Å². The Labute approximate surface area is 118 Å². The first-order valence-electron chi connectivity index (χ1n) is 6.70. The zero-order valence-electron chi connectivity index (χ0n) is 11.6. The molecule has 2 rings (SSSR count). The zero-order chi connectivity index (χ0) is 14.4. The molecule has 0 saturated heterocycles. The van der Waals surface area contributed by atoms with Crippen molar-refractivity contribution in [1.82, 2.24) is 14.9 Å². The first-order valence-corrected chi connectivity index (χ1v) is 6.70. The highest BCUT2D eigenvalue weighted by Gasteiger charge is 2.07. The number of imidazole rings is 1. The van der Waals surface area contributed by atoms with Crippen molar-refractivity contribution in [2.45, 2.75) is 32.5 Å². The second kappa shape index (κ2) is 6.86. The standard InChI is InChI=1S/C15H20N4O/c1-12(16)8-15(20)18-9-13-4-2-3-5-14(13)10-19-7-6-17-11-19/h2-7,11-12H,8-10,16H2,1H3,(H,18,20). The van der Waals surface area contributed by atoms with Crippen LogP contribution in [0.4, 0.5) is 0 Å². The van der Waals surface area contributed by atoms with E-state index < -0.39 is 0 Å². The van der Waals surface area contributed by atoms with E-state index in [2.05, 4.69) is 16.4 Å². The Morgan fingerprint density at radius 2 is 2.15 bits per heavy atom. The van der Waals surface area contributed by atoms with Crippen LogP contribution in [0, 0.1) is 0 Å². The molecular formula is C15H20N4O. The summed E-state index contributed by atoms with van der Waals surface area (Å²) in [6, 6.07) is 7.95. The maximum absolute atomic E-state index is 11.6. The average molecular weight is 272 g/mol. The maximum Gasteiger partial charge on any atom is 0.221 e. The molecule has 106 valence electrons. The number of benzene rings is 1. The van der Waals surface area contributed by atoms with Crippen LogP contribution in [-0.2, 0) is 17.9 Å². The van der Waals surface area contributed by atoms with Crippen LogP contribution < -0.4 is 11.1 Å². The number of hydrogen-bond donors (Lipinski definition) is 2. The summed E-state index contributed by atoms with van der Waals surface area (Å²) in [5, 5.41) is 2.91. The van der Waals surface area contributed by atoms with E-state index in [0.717, 1.165) is 12.1 Å². The van der Waals surface area contributed by atoms with Gasteiger partial charge in [-0.2, -0.15) is 0 Å². The van der Waals surface area contributed by atoms with Crippen molar-refractivity contribution >= 4 is 5.91 Å². The van der Waals surface area contributed by atoms with Gasteiger partial charge in [-0.3, -0.25) is 4.79 Å². The van der Waals surface area contributed by atoms with Crippen molar-refractivity contribution in [1.29, 1.82) is 0 Å². The normalized spacial score (nSPS) is 12.1. The van der Waals surface area contributed by atoms with Crippen LogP contribution in [0.15, 0.2) is 43.0 Å². The molecule has 1 aromatic carbocycles. The number of amides is 1. The summed E-state index contributed by atoms with van der Waals surface area (Å²) in [5.74, 6) is -0.0163. The Kier molecular flexibility index (Phi) is 4.90. The highest BCUT2D eigenvalue weighted by Crippen LogP contribution is 2.10. The summed E-state index contributed by atoms with van der Waals surface area (Å²) < 4.78 is 2.00. The lowest BCUT2D eigenvalue weighted by molar-refractivity contribution is -0.121. The van der Waals surface area contributed by atoms with E-state index in [1.807, 2.05) is 35.9 Å². The van der Waals surface area contributed by atoms with Gasteiger partial charge in [-0.05, 0) is 18.1 Å². The van der Waals surface area contributed by atoms with Gasteiger partial charge in [-0.25, -0.2) is 4.98 Å². The second-order valence-corrected chi connectivity index (χ2v) is 4.96. The van der Waals surface area contributed by atoms with Crippen LogP contribution in [-0.4, -0.2) is 21.5 Å². The van der Waals surface area contributed by atoms with Crippen LogP contribution >= 0.6 is 0 Å². The van der Waals surface area contributed by atoms with Gasteiger partial charge >= 0.3 is 0 Å². The van der Waals surface area contributed by atoms with E-state index in [-0.39, 0.29) is 11.9 Å². The van der Waals surface area contributed by atoms with Crippen LogP contribution in [0.5, 0.6) is 0 Å². The molecule has 0 aliphatic carbocycles. The fraction of sp³-hybridized carbons (Fsp3) is 0.333. The number of carbonyl (C=O) groups excluding carboxylic acids is 1. The number of nitrogens with one attached hydrogen (secondary N) is 1. The number of nitrogens with two attached hydrogens (primary N) is 1. The van der Waals surface area contributed by atoms with Gasteiger partial charge in [0.05, 0.1) is 6.33 Å². The van der Waals surface area contributed by atoms with Gasteiger partial charge in [-0.1, -0.05) is 24.3 Å². The zero-order valence-corrected chi connectivity index (χ0v) is 11.6. The molecule has 1 heterocycles.